The van der Waals surface area contributed by atoms with Crippen molar-refractivity contribution < 1.29 is 9.15 Å². The Bertz CT molecular complexity index is 1530. The SMILES string of the molecule is COc1ccc(CCn2c(-c3ccccc3)nc3oc4ccccc4c(=O)c3c2=O)cc1. The molecular formula is C26H20N2O4. The van der Waals surface area contributed by atoms with Gasteiger partial charge < -0.3 is 9.15 Å². The fourth-order valence-electron chi connectivity index (χ4n) is 3.83. The first-order chi connectivity index (χ1) is 15.7. The lowest BCUT2D eigenvalue weighted by atomic mass is 10.1. The Morgan fingerprint density at radius 2 is 1.62 bits per heavy atom. The predicted molar refractivity (Wildman–Crippen MR) is 124 cm³/mol. The molecule has 0 fully saturated rings. The van der Waals surface area contributed by atoms with Gasteiger partial charge in [-0.1, -0.05) is 54.6 Å². The van der Waals surface area contributed by atoms with E-state index in [1.807, 2.05) is 54.6 Å². The van der Waals surface area contributed by atoms with Gasteiger partial charge in [0.05, 0.1) is 12.5 Å². The lowest BCUT2D eigenvalue weighted by Gasteiger charge is -2.14. The Labute approximate surface area is 183 Å². The topological polar surface area (TPSA) is 74.3 Å². The zero-order valence-corrected chi connectivity index (χ0v) is 17.4. The van der Waals surface area contributed by atoms with Crippen LogP contribution in [-0.2, 0) is 13.0 Å². The molecule has 2 aromatic heterocycles. The Kier molecular flexibility index (Phi) is 5.03. The molecule has 5 rings (SSSR count). The number of benzene rings is 3. The first kappa shape index (κ1) is 19.8. The van der Waals surface area contributed by atoms with Crippen LogP contribution in [0.25, 0.3) is 33.5 Å². The lowest BCUT2D eigenvalue weighted by molar-refractivity contribution is 0.414. The summed E-state index contributed by atoms with van der Waals surface area (Å²) in [5, 5.41) is 0.339. The van der Waals surface area contributed by atoms with Gasteiger partial charge in [-0.15, -0.1) is 0 Å². The number of methoxy groups -OCH3 is 1. The molecule has 6 heteroatoms. The van der Waals surface area contributed by atoms with Crippen LogP contribution in [0.2, 0.25) is 0 Å². The molecule has 0 bridgehead atoms. The monoisotopic (exact) mass is 424 g/mol. The van der Waals surface area contributed by atoms with Crippen LogP contribution in [0.5, 0.6) is 5.75 Å². The third kappa shape index (κ3) is 3.46. The summed E-state index contributed by atoms with van der Waals surface area (Å²) in [5.41, 5.74) is 1.52. The van der Waals surface area contributed by atoms with Gasteiger partial charge in [-0.2, -0.15) is 4.98 Å². The maximum absolute atomic E-state index is 13.6. The molecule has 158 valence electrons. The molecule has 0 N–H and O–H groups in total. The normalized spacial score (nSPS) is 11.2. The van der Waals surface area contributed by atoms with E-state index in [0.29, 0.717) is 29.8 Å². The highest BCUT2D eigenvalue weighted by molar-refractivity contribution is 5.88. The molecule has 0 unspecified atom stereocenters. The van der Waals surface area contributed by atoms with Gasteiger partial charge >= 0.3 is 0 Å². The highest BCUT2D eigenvalue weighted by Crippen LogP contribution is 2.21. The summed E-state index contributed by atoms with van der Waals surface area (Å²) < 4.78 is 12.7. The fourth-order valence-corrected chi connectivity index (χ4v) is 3.83. The molecule has 6 nitrogen and oxygen atoms in total. The van der Waals surface area contributed by atoms with Crippen LogP contribution < -0.4 is 15.7 Å². The van der Waals surface area contributed by atoms with Gasteiger partial charge in [-0.25, -0.2) is 0 Å². The summed E-state index contributed by atoms with van der Waals surface area (Å²) in [6.45, 7) is 0.366. The number of para-hydroxylation sites is 1. The van der Waals surface area contributed by atoms with E-state index in [1.54, 1.807) is 35.9 Å². The van der Waals surface area contributed by atoms with Crippen LogP contribution in [0.4, 0.5) is 0 Å². The molecule has 0 aliphatic rings. The summed E-state index contributed by atoms with van der Waals surface area (Å²) in [6.07, 6.45) is 0.593. The van der Waals surface area contributed by atoms with E-state index in [9.17, 15) is 9.59 Å². The second-order valence-electron chi connectivity index (χ2n) is 7.46. The third-order valence-corrected chi connectivity index (χ3v) is 5.52. The highest BCUT2D eigenvalue weighted by Gasteiger charge is 2.18. The number of aromatic nitrogens is 2. The number of fused-ring (bicyclic) bond motifs is 2. The molecule has 32 heavy (non-hydrogen) atoms. The van der Waals surface area contributed by atoms with Crippen LogP contribution in [0.3, 0.4) is 0 Å². The van der Waals surface area contributed by atoms with Crippen molar-refractivity contribution in [2.75, 3.05) is 7.11 Å². The quantitative estimate of drug-likeness (QED) is 0.391. The smallest absolute Gasteiger partial charge is 0.269 e. The minimum Gasteiger partial charge on any atom is -0.497 e. The summed E-state index contributed by atoms with van der Waals surface area (Å²) in [5.74, 6) is 1.24. The average Bonchev–Trinajstić information content (AvgIpc) is 2.84. The summed E-state index contributed by atoms with van der Waals surface area (Å²) in [7, 11) is 1.62. The van der Waals surface area contributed by atoms with Crippen molar-refractivity contribution in [3.05, 3.63) is 105 Å². The van der Waals surface area contributed by atoms with E-state index >= 15 is 0 Å². The molecule has 5 aromatic rings. The number of hydrogen-bond donors (Lipinski definition) is 0. The summed E-state index contributed by atoms with van der Waals surface area (Å²) in [4.78, 5) is 31.3. The first-order valence-electron chi connectivity index (χ1n) is 10.3. The van der Waals surface area contributed by atoms with Crippen LogP contribution in [0, 0.1) is 0 Å². The Morgan fingerprint density at radius 1 is 0.906 bits per heavy atom. The highest BCUT2D eigenvalue weighted by atomic mass is 16.5. The number of aryl methyl sites for hydroxylation is 1. The van der Waals surface area contributed by atoms with Gasteiger partial charge in [0, 0.05) is 12.1 Å². The molecule has 0 aliphatic carbocycles. The van der Waals surface area contributed by atoms with E-state index in [0.717, 1.165) is 16.9 Å². The fraction of sp³-hybridized carbons (Fsp3) is 0.115. The number of rotatable bonds is 5. The number of hydrogen-bond acceptors (Lipinski definition) is 5. The van der Waals surface area contributed by atoms with Crippen molar-refractivity contribution in [3.8, 4) is 17.1 Å². The molecule has 3 aromatic carbocycles. The van der Waals surface area contributed by atoms with Crippen LogP contribution in [0.1, 0.15) is 5.56 Å². The summed E-state index contributed by atoms with van der Waals surface area (Å²) >= 11 is 0. The Morgan fingerprint density at radius 3 is 2.38 bits per heavy atom. The molecule has 0 saturated heterocycles. The van der Waals surface area contributed by atoms with Crippen LogP contribution >= 0.6 is 0 Å². The molecule has 0 saturated carbocycles. The van der Waals surface area contributed by atoms with Gasteiger partial charge in [-0.3, -0.25) is 14.2 Å². The van der Waals surface area contributed by atoms with Crippen molar-refractivity contribution in [2.24, 2.45) is 0 Å². The van der Waals surface area contributed by atoms with Gasteiger partial charge in [0.2, 0.25) is 11.1 Å². The molecule has 0 amide bonds. The van der Waals surface area contributed by atoms with E-state index in [-0.39, 0.29) is 16.5 Å². The lowest BCUT2D eigenvalue weighted by Crippen LogP contribution is -2.28. The number of nitrogens with zero attached hydrogens (tertiary/aromatic N) is 2. The zero-order valence-electron chi connectivity index (χ0n) is 17.4. The van der Waals surface area contributed by atoms with E-state index < -0.39 is 5.56 Å². The molecule has 0 atom stereocenters. The third-order valence-electron chi connectivity index (χ3n) is 5.52. The van der Waals surface area contributed by atoms with Gasteiger partial charge in [0.25, 0.3) is 5.56 Å². The molecule has 0 aliphatic heterocycles. The largest absolute Gasteiger partial charge is 0.497 e. The maximum atomic E-state index is 13.6. The number of ether oxygens (including phenoxy) is 1. The van der Waals surface area contributed by atoms with Crippen LogP contribution in [0.15, 0.2) is 92.9 Å². The molecule has 0 spiro atoms. The predicted octanol–water partition coefficient (Wildman–Crippen LogP) is 4.42. The first-order valence-corrected chi connectivity index (χ1v) is 10.3. The van der Waals surface area contributed by atoms with Gasteiger partial charge in [0.15, 0.2) is 5.39 Å². The second-order valence-corrected chi connectivity index (χ2v) is 7.46. The minimum atomic E-state index is -0.401. The van der Waals surface area contributed by atoms with E-state index in [2.05, 4.69) is 4.98 Å². The van der Waals surface area contributed by atoms with Gasteiger partial charge in [0.1, 0.15) is 17.2 Å². The van der Waals surface area contributed by atoms with Crippen molar-refractivity contribution in [2.45, 2.75) is 13.0 Å². The van der Waals surface area contributed by atoms with E-state index in [4.69, 9.17) is 9.15 Å². The standard InChI is InChI=1S/C26H20N2O4/c1-31-19-13-11-17(12-14-19)15-16-28-24(18-7-3-2-4-8-18)27-25-22(26(28)30)23(29)20-9-5-6-10-21(20)32-25/h2-14H,15-16H2,1H3. The molecule has 0 radical (unpaired) electrons. The molecular weight excluding hydrogens is 404 g/mol. The maximum Gasteiger partial charge on any atom is 0.269 e. The summed E-state index contributed by atoms with van der Waals surface area (Å²) in [6, 6.07) is 24.0. The zero-order chi connectivity index (χ0) is 22.1. The second kappa shape index (κ2) is 8.15. The Balaban J connectivity index is 1.70. The van der Waals surface area contributed by atoms with Crippen molar-refractivity contribution >= 4 is 22.1 Å². The molecule has 2 heterocycles. The van der Waals surface area contributed by atoms with Crippen molar-refractivity contribution in [3.63, 3.8) is 0 Å². The average molecular weight is 424 g/mol. The van der Waals surface area contributed by atoms with Gasteiger partial charge in [-0.05, 0) is 36.2 Å². The minimum absolute atomic E-state index is 0.0295. The van der Waals surface area contributed by atoms with Crippen molar-refractivity contribution in [1.29, 1.82) is 0 Å². The van der Waals surface area contributed by atoms with Crippen LogP contribution in [-0.4, -0.2) is 16.7 Å². The Hall–Kier alpha value is -4.19. The van der Waals surface area contributed by atoms with E-state index in [1.165, 1.54) is 0 Å². The van der Waals surface area contributed by atoms with Crippen molar-refractivity contribution in [1.82, 2.24) is 9.55 Å².